The Morgan fingerprint density at radius 3 is 2.53 bits per heavy atom. The number of nitriles is 1. The lowest BCUT2D eigenvalue weighted by Gasteiger charge is -2.09. The van der Waals surface area contributed by atoms with Crippen LogP contribution in [0.15, 0.2) is 33.6 Å². The van der Waals surface area contributed by atoms with Crippen molar-refractivity contribution < 1.29 is 0 Å². The number of benzene rings is 1. The zero-order valence-electron chi connectivity index (χ0n) is 8.37. The molecule has 0 saturated heterocycles. The van der Waals surface area contributed by atoms with Gasteiger partial charge in [0, 0.05) is 21.5 Å². The Bertz CT molecular complexity index is 376. The first-order valence-electron chi connectivity index (χ1n) is 4.99. The van der Waals surface area contributed by atoms with Gasteiger partial charge in [-0.05, 0) is 42.5 Å². The van der Waals surface area contributed by atoms with Crippen LogP contribution in [0.2, 0.25) is 0 Å². The van der Waals surface area contributed by atoms with E-state index in [2.05, 4.69) is 46.3 Å². The Kier molecular flexibility index (Phi) is 3.38. The van der Waals surface area contributed by atoms with E-state index in [9.17, 15) is 0 Å². The Morgan fingerprint density at radius 2 is 2.00 bits per heavy atom. The summed E-state index contributed by atoms with van der Waals surface area (Å²) in [6.07, 6.45) is 3.17. The van der Waals surface area contributed by atoms with Crippen LogP contribution in [0.25, 0.3) is 0 Å². The minimum Gasteiger partial charge on any atom is -0.198 e. The van der Waals surface area contributed by atoms with Crippen molar-refractivity contribution in [2.45, 2.75) is 24.2 Å². The minimum atomic E-state index is 0.340. The van der Waals surface area contributed by atoms with E-state index in [0.29, 0.717) is 5.41 Å². The summed E-state index contributed by atoms with van der Waals surface area (Å²) in [6, 6.07) is 10.7. The molecule has 0 N–H and O–H groups in total. The molecule has 3 heteroatoms. The standard InChI is InChI=1S/C12H12BrNS/c13-10-1-3-11(4-2-10)15-9-12(5-6-12)7-8-14/h1-4H,5-7,9H2. The number of thioether (sulfide) groups is 1. The van der Waals surface area contributed by atoms with Crippen molar-refractivity contribution in [2.75, 3.05) is 5.75 Å². The predicted molar refractivity (Wildman–Crippen MR) is 66.8 cm³/mol. The molecule has 1 aliphatic rings. The molecule has 0 aromatic heterocycles. The van der Waals surface area contributed by atoms with Gasteiger partial charge in [-0.2, -0.15) is 5.26 Å². The second-order valence-corrected chi connectivity index (χ2v) is 6.04. The molecule has 2 rings (SSSR count). The molecule has 0 amide bonds. The molecular weight excluding hydrogens is 270 g/mol. The van der Waals surface area contributed by atoms with Crippen molar-refractivity contribution in [3.8, 4) is 6.07 Å². The average molecular weight is 282 g/mol. The summed E-state index contributed by atoms with van der Waals surface area (Å²) < 4.78 is 1.12. The van der Waals surface area contributed by atoms with E-state index < -0.39 is 0 Å². The summed E-state index contributed by atoms with van der Waals surface area (Å²) in [7, 11) is 0. The number of nitrogens with zero attached hydrogens (tertiary/aromatic N) is 1. The SMILES string of the molecule is N#CCC1(CSc2ccc(Br)cc2)CC1. The van der Waals surface area contributed by atoms with Crippen molar-refractivity contribution >= 4 is 27.7 Å². The smallest absolute Gasteiger partial charge is 0.0627 e. The van der Waals surface area contributed by atoms with E-state index in [0.717, 1.165) is 16.6 Å². The fourth-order valence-corrected chi connectivity index (χ4v) is 2.94. The van der Waals surface area contributed by atoms with Crippen LogP contribution < -0.4 is 0 Å². The van der Waals surface area contributed by atoms with Crippen molar-refractivity contribution in [3.63, 3.8) is 0 Å². The van der Waals surface area contributed by atoms with Gasteiger partial charge in [-0.25, -0.2) is 0 Å². The van der Waals surface area contributed by atoms with Crippen LogP contribution in [0, 0.1) is 16.7 Å². The molecule has 1 nitrogen and oxygen atoms in total. The molecule has 1 fully saturated rings. The zero-order chi connectivity index (χ0) is 10.7. The first-order chi connectivity index (χ1) is 7.24. The van der Waals surface area contributed by atoms with Gasteiger partial charge in [-0.1, -0.05) is 15.9 Å². The molecule has 0 radical (unpaired) electrons. The van der Waals surface area contributed by atoms with Gasteiger partial charge in [-0.3, -0.25) is 0 Å². The van der Waals surface area contributed by atoms with E-state index in [1.54, 1.807) is 0 Å². The van der Waals surface area contributed by atoms with Gasteiger partial charge in [0.15, 0.2) is 0 Å². The normalized spacial score (nSPS) is 17.1. The Hall–Kier alpha value is -0.460. The number of rotatable bonds is 4. The highest BCUT2D eigenvalue weighted by Gasteiger charge is 2.42. The van der Waals surface area contributed by atoms with Crippen LogP contribution in [0.5, 0.6) is 0 Å². The van der Waals surface area contributed by atoms with Gasteiger partial charge < -0.3 is 0 Å². The van der Waals surface area contributed by atoms with Gasteiger partial charge in [0.05, 0.1) is 6.07 Å². The average Bonchev–Trinajstić information content (AvgIpc) is 2.99. The molecule has 1 aliphatic carbocycles. The van der Waals surface area contributed by atoms with Gasteiger partial charge in [0.25, 0.3) is 0 Å². The summed E-state index contributed by atoms with van der Waals surface area (Å²) >= 11 is 5.29. The summed E-state index contributed by atoms with van der Waals surface area (Å²) in [5, 5.41) is 8.71. The van der Waals surface area contributed by atoms with Gasteiger partial charge in [0.1, 0.15) is 0 Å². The lowest BCUT2D eigenvalue weighted by atomic mass is 10.1. The summed E-state index contributed by atoms with van der Waals surface area (Å²) in [4.78, 5) is 1.29. The van der Waals surface area contributed by atoms with E-state index >= 15 is 0 Å². The minimum absolute atomic E-state index is 0.340. The lowest BCUT2D eigenvalue weighted by Crippen LogP contribution is -2.02. The first kappa shape index (κ1) is 11.0. The lowest BCUT2D eigenvalue weighted by molar-refractivity contribution is 0.604. The molecule has 0 atom stereocenters. The van der Waals surface area contributed by atoms with Crippen LogP contribution in [-0.4, -0.2) is 5.75 Å². The molecule has 0 bridgehead atoms. The van der Waals surface area contributed by atoms with Gasteiger partial charge in [-0.15, -0.1) is 11.8 Å². The first-order valence-corrected chi connectivity index (χ1v) is 6.77. The van der Waals surface area contributed by atoms with Gasteiger partial charge >= 0.3 is 0 Å². The molecule has 0 unspecified atom stereocenters. The second kappa shape index (κ2) is 4.59. The summed E-state index contributed by atoms with van der Waals surface area (Å²) in [5.41, 5.74) is 0.340. The third-order valence-corrected chi connectivity index (χ3v) is 4.66. The van der Waals surface area contributed by atoms with Crippen LogP contribution >= 0.6 is 27.7 Å². The number of halogens is 1. The maximum atomic E-state index is 8.71. The summed E-state index contributed by atoms with van der Waals surface area (Å²) in [6.45, 7) is 0. The number of hydrogen-bond acceptors (Lipinski definition) is 2. The van der Waals surface area contributed by atoms with Crippen LogP contribution in [0.1, 0.15) is 19.3 Å². The van der Waals surface area contributed by atoms with Crippen LogP contribution in [0.4, 0.5) is 0 Å². The van der Waals surface area contributed by atoms with Crippen LogP contribution in [-0.2, 0) is 0 Å². The fraction of sp³-hybridized carbons (Fsp3) is 0.417. The van der Waals surface area contributed by atoms with Crippen molar-refractivity contribution in [1.29, 1.82) is 5.26 Å². The maximum Gasteiger partial charge on any atom is 0.0627 e. The highest BCUT2D eigenvalue weighted by atomic mass is 79.9. The Balaban J connectivity index is 1.88. The Labute approximate surface area is 103 Å². The molecule has 78 valence electrons. The second-order valence-electron chi connectivity index (χ2n) is 4.08. The van der Waals surface area contributed by atoms with Crippen molar-refractivity contribution in [2.24, 2.45) is 5.41 Å². The molecule has 1 aromatic carbocycles. The third-order valence-electron chi connectivity index (χ3n) is 2.77. The highest BCUT2D eigenvalue weighted by Crippen LogP contribution is 2.51. The fourth-order valence-electron chi connectivity index (χ4n) is 1.48. The predicted octanol–water partition coefficient (Wildman–Crippen LogP) is 4.24. The van der Waals surface area contributed by atoms with E-state index in [-0.39, 0.29) is 0 Å². The molecule has 1 saturated carbocycles. The van der Waals surface area contributed by atoms with Crippen molar-refractivity contribution in [1.82, 2.24) is 0 Å². The molecule has 0 aliphatic heterocycles. The molecular formula is C12H12BrNS. The van der Waals surface area contributed by atoms with E-state index in [1.807, 2.05) is 11.8 Å². The zero-order valence-corrected chi connectivity index (χ0v) is 10.8. The highest BCUT2D eigenvalue weighted by molar-refractivity contribution is 9.10. The molecule has 0 spiro atoms. The topological polar surface area (TPSA) is 23.8 Å². The molecule has 0 heterocycles. The maximum absolute atomic E-state index is 8.71. The van der Waals surface area contributed by atoms with Crippen LogP contribution in [0.3, 0.4) is 0 Å². The summed E-state index contributed by atoms with van der Waals surface area (Å²) in [5.74, 6) is 1.09. The molecule has 15 heavy (non-hydrogen) atoms. The quantitative estimate of drug-likeness (QED) is 0.771. The van der Waals surface area contributed by atoms with E-state index in [1.165, 1.54) is 17.7 Å². The van der Waals surface area contributed by atoms with E-state index in [4.69, 9.17) is 5.26 Å². The monoisotopic (exact) mass is 281 g/mol. The largest absolute Gasteiger partial charge is 0.198 e. The molecule has 1 aromatic rings. The van der Waals surface area contributed by atoms with Gasteiger partial charge in [0.2, 0.25) is 0 Å². The number of hydrogen-bond donors (Lipinski definition) is 0. The third kappa shape index (κ3) is 2.99. The van der Waals surface area contributed by atoms with Crippen molar-refractivity contribution in [3.05, 3.63) is 28.7 Å². The Morgan fingerprint density at radius 1 is 1.33 bits per heavy atom.